The van der Waals surface area contributed by atoms with E-state index in [1.54, 1.807) is 6.08 Å². The van der Waals surface area contributed by atoms with E-state index in [1.807, 2.05) is 37.8 Å². The first-order valence-corrected chi connectivity index (χ1v) is 8.62. The zero-order valence-electron chi connectivity index (χ0n) is 12.7. The van der Waals surface area contributed by atoms with E-state index in [-0.39, 0.29) is 5.78 Å². The smallest absolute Gasteiger partial charge is 0.189 e. The largest absolute Gasteiger partial charge is 0.462 e. The number of hydrogen-bond donors (Lipinski definition) is 0. The molecule has 0 aromatic carbocycles. The van der Waals surface area contributed by atoms with Gasteiger partial charge >= 0.3 is 0 Å². The predicted molar refractivity (Wildman–Crippen MR) is 92.3 cm³/mol. The summed E-state index contributed by atoms with van der Waals surface area (Å²) in [6.07, 6.45) is 4.33. The molecule has 0 unspecified atom stereocenters. The number of thiocarbonyl (C=S) groups is 1. The molecule has 21 heavy (non-hydrogen) atoms. The Labute approximate surface area is 135 Å². The topological polar surface area (TPSA) is 33.5 Å². The summed E-state index contributed by atoms with van der Waals surface area (Å²) < 4.78 is 6.28. The molecule has 0 bridgehead atoms. The number of thioether (sulfide) groups is 1. The Morgan fingerprint density at radius 2 is 2.14 bits per heavy atom. The maximum absolute atomic E-state index is 12.1. The summed E-state index contributed by atoms with van der Waals surface area (Å²) in [5.74, 6) is 2.43. The Morgan fingerprint density at radius 1 is 1.43 bits per heavy atom. The fourth-order valence-electron chi connectivity index (χ4n) is 2.05. The zero-order valence-corrected chi connectivity index (χ0v) is 14.4. The van der Waals surface area contributed by atoms with E-state index < -0.39 is 0 Å². The van der Waals surface area contributed by atoms with Crippen LogP contribution in [0.1, 0.15) is 38.2 Å². The van der Waals surface area contributed by atoms with Crippen molar-refractivity contribution in [2.24, 2.45) is 5.92 Å². The van der Waals surface area contributed by atoms with Gasteiger partial charge in [-0.2, -0.15) is 0 Å². The minimum absolute atomic E-state index is 0.133. The van der Waals surface area contributed by atoms with Gasteiger partial charge in [-0.3, -0.25) is 4.79 Å². The SMILES string of the molecule is CC.Cc1ccc(/C=C2\SC(=S)N(CC3CC3)CC2=O)o1. The first-order valence-electron chi connectivity index (χ1n) is 7.40. The van der Waals surface area contributed by atoms with Gasteiger partial charge in [0.2, 0.25) is 0 Å². The summed E-state index contributed by atoms with van der Waals surface area (Å²) in [5, 5.41) is 0. The average Bonchev–Trinajstić information content (AvgIpc) is 3.19. The van der Waals surface area contributed by atoms with Crippen LogP contribution >= 0.6 is 24.0 Å². The van der Waals surface area contributed by atoms with Crippen LogP contribution in [0.5, 0.6) is 0 Å². The monoisotopic (exact) mass is 323 g/mol. The Hall–Kier alpha value is -1.07. The van der Waals surface area contributed by atoms with Crippen LogP contribution in [-0.4, -0.2) is 28.1 Å². The molecular formula is C16H21NO2S2. The molecule has 5 heteroatoms. The molecule has 0 amide bonds. The number of nitrogens with zero attached hydrogens (tertiary/aromatic N) is 1. The Bertz CT molecular complexity index is 558. The highest BCUT2D eigenvalue weighted by molar-refractivity contribution is 8.26. The third-order valence-electron chi connectivity index (χ3n) is 3.27. The van der Waals surface area contributed by atoms with Gasteiger partial charge in [0, 0.05) is 6.54 Å². The molecule has 1 saturated carbocycles. The van der Waals surface area contributed by atoms with Crippen LogP contribution in [0.3, 0.4) is 0 Å². The van der Waals surface area contributed by atoms with E-state index in [4.69, 9.17) is 16.6 Å². The highest BCUT2D eigenvalue weighted by Crippen LogP contribution is 2.34. The van der Waals surface area contributed by atoms with Crippen molar-refractivity contribution in [2.75, 3.05) is 13.1 Å². The summed E-state index contributed by atoms with van der Waals surface area (Å²) in [4.78, 5) is 14.9. The van der Waals surface area contributed by atoms with E-state index in [0.717, 1.165) is 22.5 Å². The van der Waals surface area contributed by atoms with Crippen molar-refractivity contribution in [1.29, 1.82) is 0 Å². The highest BCUT2D eigenvalue weighted by atomic mass is 32.2. The molecule has 1 aromatic heterocycles. The quantitative estimate of drug-likeness (QED) is 0.613. The Morgan fingerprint density at radius 3 is 2.71 bits per heavy atom. The number of Topliss-reactive ketones (excluding diaryl/α,β-unsaturated/α-hetero) is 1. The summed E-state index contributed by atoms with van der Waals surface area (Å²) >= 11 is 6.78. The number of rotatable bonds is 3. The molecule has 114 valence electrons. The van der Waals surface area contributed by atoms with E-state index in [0.29, 0.717) is 17.2 Å². The van der Waals surface area contributed by atoms with Crippen LogP contribution in [0.2, 0.25) is 0 Å². The van der Waals surface area contributed by atoms with Crippen LogP contribution < -0.4 is 0 Å². The van der Waals surface area contributed by atoms with E-state index in [9.17, 15) is 4.79 Å². The second-order valence-corrected chi connectivity index (χ2v) is 6.75. The minimum Gasteiger partial charge on any atom is -0.462 e. The van der Waals surface area contributed by atoms with Crippen molar-refractivity contribution in [2.45, 2.75) is 33.6 Å². The number of ketones is 1. The van der Waals surface area contributed by atoms with Crippen molar-refractivity contribution < 1.29 is 9.21 Å². The lowest BCUT2D eigenvalue weighted by Gasteiger charge is -2.28. The van der Waals surface area contributed by atoms with Gasteiger partial charge in [0.15, 0.2) is 5.78 Å². The normalized spacial score (nSPS) is 20.5. The summed E-state index contributed by atoms with van der Waals surface area (Å²) in [6, 6.07) is 3.76. The van der Waals surface area contributed by atoms with Gasteiger partial charge in [-0.05, 0) is 43.9 Å². The van der Waals surface area contributed by atoms with Crippen LogP contribution in [0.4, 0.5) is 0 Å². The lowest BCUT2D eigenvalue weighted by molar-refractivity contribution is -0.115. The molecule has 3 rings (SSSR count). The zero-order chi connectivity index (χ0) is 15.4. The van der Waals surface area contributed by atoms with Gasteiger partial charge in [-0.1, -0.05) is 37.8 Å². The lowest BCUT2D eigenvalue weighted by atomic mass is 10.2. The number of carbonyl (C=O) groups excluding carboxylic acids is 1. The van der Waals surface area contributed by atoms with Gasteiger partial charge in [0.05, 0.1) is 11.4 Å². The molecule has 2 heterocycles. The molecule has 2 fully saturated rings. The molecule has 0 spiro atoms. The third-order valence-corrected chi connectivity index (χ3v) is 4.78. The average molecular weight is 323 g/mol. The Kier molecular flexibility index (Phi) is 5.65. The predicted octanol–water partition coefficient (Wildman–Crippen LogP) is 4.27. The van der Waals surface area contributed by atoms with Gasteiger partial charge in [-0.25, -0.2) is 0 Å². The number of carbonyl (C=O) groups is 1. The standard InChI is InChI=1S/C14H15NO2S2.C2H6/c1-9-2-5-11(17-9)6-13-12(16)8-15(14(18)19-13)7-10-3-4-10;1-2/h2,5-6,10H,3-4,7-8H2,1H3;1-2H3/b13-6-;. The molecule has 0 radical (unpaired) electrons. The first-order chi connectivity index (χ1) is 10.1. The van der Waals surface area contributed by atoms with Crippen molar-refractivity contribution in [3.8, 4) is 0 Å². The number of furan rings is 1. The second-order valence-electron chi connectivity index (χ2n) is 5.07. The van der Waals surface area contributed by atoms with Gasteiger partial charge in [0.25, 0.3) is 0 Å². The van der Waals surface area contributed by atoms with E-state index in [1.165, 1.54) is 24.6 Å². The van der Waals surface area contributed by atoms with Crippen LogP contribution in [0.15, 0.2) is 21.5 Å². The molecule has 0 atom stereocenters. The maximum atomic E-state index is 12.1. The highest BCUT2D eigenvalue weighted by Gasteiger charge is 2.31. The molecule has 2 aliphatic rings. The summed E-state index contributed by atoms with van der Waals surface area (Å²) in [6.45, 7) is 7.23. The van der Waals surface area contributed by atoms with Crippen molar-refractivity contribution >= 4 is 40.2 Å². The molecule has 1 aliphatic heterocycles. The molecule has 3 nitrogen and oxygen atoms in total. The molecule has 0 N–H and O–H groups in total. The van der Waals surface area contributed by atoms with Crippen molar-refractivity contribution in [1.82, 2.24) is 4.90 Å². The van der Waals surface area contributed by atoms with Crippen LogP contribution in [0, 0.1) is 12.8 Å². The number of hydrogen-bond acceptors (Lipinski definition) is 4. The second kappa shape index (κ2) is 7.27. The fraction of sp³-hybridized carbons (Fsp3) is 0.500. The van der Waals surface area contributed by atoms with Crippen LogP contribution in [0.25, 0.3) is 6.08 Å². The van der Waals surface area contributed by atoms with Crippen molar-refractivity contribution in [3.63, 3.8) is 0 Å². The van der Waals surface area contributed by atoms with E-state index in [2.05, 4.69) is 0 Å². The summed E-state index contributed by atoms with van der Waals surface area (Å²) in [5.41, 5.74) is 0. The molecular weight excluding hydrogens is 302 g/mol. The summed E-state index contributed by atoms with van der Waals surface area (Å²) in [7, 11) is 0. The fourth-order valence-corrected chi connectivity index (χ4v) is 3.27. The minimum atomic E-state index is 0.133. The van der Waals surface area contributed by atoms with Gasteiger partial charge in [0.1, 0.15) is 15.8 Å². The van der Waals surface area contributed by atoms with Crippen molar-refractivity contribution in [3.05, 3.63) is 28.6 Å². The molecule has 1 aromatic rings. The van der Waals surface area contributed by atoms with E-state index >= 15 is 0 Å². The van der Waals surface area contributed by atoms with Gasteiger partial charge < -0.3 is 9.32 Å². The lowest BCUT2D eigenvalue weighted by Crippen LogP contribution is -2.38. The molecule has 1 aliphatic carbocycles. The first kappa shape index (κ1) is 16.3. The van der Waals surface area contributed by atoms with Crippen LogP contribution in [-0.2, 0) is 4.79 Å². The maximum Gasteiger partial charge on any atom is 0.189 e. The third kappa shape index (κ3) is 4.45. The molecule has 1 saturated heterocycles. The Balaban J connectivity index is 0.000000774. The van der Waals surface area contributed by atoms with Gasteiger partial charge in [-0.15, -0.1) is 0 Å². The number of aryl methyl sites for hydroxylation is 1.